The minimum Gasteiger partial charge on any atom is -0.409 e. The zero-order chi connectivity index (χ0) is 10.3. The molecule has 0 heterocycles. The average Bonchev–Trinajstić information content (AvgIpc) is 2.19. The number of oxime groups is 1. The van der Waals surface area contributed by atoms with Crippen molar-refractivity contribution in [2.24, 2.45) is 10.9 Å². The molecule has 0 rings (SSSR count). The fraction of sp³-hybridized carbons (Fsp3) is 0.889. The SMILES string of the molecule is CCC(CC)NC(CC)C(N)=NO. The summed E-state index contributed by atoms with van der Waals surface area (Å²) >= 11 is 0. The zero-order valence-electron chi connectivity index (χ0n) is 8.75. The van der Waals surface area contributed by atoms with Crippen LogP contribution in [0.25, 0.3) is 0 Å². The number of hydrogen-bond donors (Lipinski definition) is 3. The van der Waals surface area contributed by atoms with Crippen molar-refractivity contribution in [3.63, 3.8) is 0 Å². The monoisotopic (exact) mass is 187 g/mol. The summed E-state index contributed by atoms with van der Waals surface area (Å²) in [6.45, 7) is 6.26. The normalized spacial score (nSPS) is 14.9. The molecule has 0 aromatic heterocycles. The van der Waals surface area contributed by atoms with Crippen LogP contribution in [0.2, 0.25) is 0 Å². The van der Waals surface area contributed by atoms with Gasteiger partial charge in [0.05, 0.1) is 6.04 Å². The minimum absolute atomic E-state index is 0.00472. The quantitative estimate of drug-likeness (QED) is 0.254. The van der Waals surface area contributed by atoms with Gasteiger partial charge in [0, 0.05) is 6.04 Å². The number of nitrogens with zero attached hydrogens (tertiary/aromatic N) is 1. The van der Waals surface area contributed by atoms with Gasteiger partial charge in [-0.3, -0.25) is 0 Å². The molecule has 0 fully saturated rings. The molecule has 0 saturated heterocycles. The first kappa shape index (κ1) is 12.2. The van der Waals surface area contributed by atoms with E-state index in [4.69, 9.17) is 10.9 Å². The Hall–Kier alpha value is -0.770. The third kappa shape index (κ3) is 4.12. The van der Waals surface area contributed by atoms with E-state index in [1.54, 1.807) is 0 Å². The predicted molar refractivity (Wildman–Crippen MR) is 55.0 cm³/mol. The van der Waals surface area contributed by atoms with Crippen LogP contribution in [-0.4, -0.2) is 23.1 Å². The lowest BCUT2D eigenvalue weighted by Crippen LogP contribution is -2.45. The van der Waals surface area contributed by atoms with E-state index >= 15 is 0 Å². The molecular weight excluding hydrogens is 166 g/mol. The van der Waals surface area contributed by atoms with E-state index in [-0.39, 0.29) is 11.9 Å². The molecule has 4 N–H and O–H groups in total. The van der Waals surface area contributed by atoms with Crippen molar-refractivity contribution in [1.29, 1.82) is 0 Å². The second-order valence-corrected chi connectivity index (χ2v) is 3.17. The smallest absolute Gasteiger partial charge is 0.156 e. The number of nitrogens with one attached hydrogen (secondary N) is 1. The Labute approximate surface area is 80.2 Å². The van der Waals surface area contributed by atoms with Gasteiger partial charge in [-0.2, -0.15) is 0 Å². The van der Waals surface area contributed by atoms with Crippen LogP contribution < -0.4 is 11.1 Å². The van der Waals surface area contributed by atoms with Gasteiger partial charge in [0.1, 0.15) is 0 Å². The van der Waals surface area contributed by atoms with Crippen LogP contribution in [0.5, 0.6) is 0 Å². The summed E-state index contributed by atoms with van der Waals surface area (Å²) in [6.07, 6.45) is 2.96. The molecule has 13 heavy (non-hydrogen) atoms. The zero-order valence-corrected chi connectivity index (χ0v) is 8.75. The maximum Gasteiger partial charge on any atom is 0.156 e. The van der Waals surface area contributed by atoms with Crippen molar-refractivity contribution in [1.82, 2.24) is 5.32 Å². The van der Waals surface area contributed by atoms with Gasteiger partial charge in [-0.05, 0) is 19.3 Å². The summed E-state index contributed by atoms with van der Waals surface area (Å²) in [5, 5.41) is 14.9. The molecule has 4 heteroatoms. The van der Waals surface area contributed by atoms with Gasteiger partial charge < -0.3 is 16.3 Å². The van der Waals surface area contributed by atoms with E-state index in [9.17, 15) is 0 Å². The van der Waals surface area contributed by atoms with Crippen LogP contribution in [0, 0.1) is 0 Å². The average molecular weight is 187 g/mol. The molecule has 0 aromatic rings. The Balaban J connectivity index is 4.10. The second-order valence-electron chi connectivity index (χ2n) is 3.17. The first-order valence-electron chi connectivity index (χ1n) is 4.92. The van der Waals surface area contributed by atoms with Gasteiger partial charge >= 0.3 is 0 Å². The molecule has 0 aliphatic rings. The summed E-state index contributed by atoms with van der Waals surface area (Å²) in [7, 11) is 0. The highest BCUT2D eigenvalue weighted by Gasteiger charge is 2.14. The van der Waals surface area contributed by atoms with Crippen LogP contribution in [0.15, 0.2) is 5.16 Å². The van der Waals surface area contributed by atoms with Crippen molar-refractivity contribution < 1.29 is 5.21 Å². The molecule has 0 amide bonds. The molecule has 1 atom stereocenters. The summed E-state index contributed by atoms with van der Waals surface area (Å²) in [6, 6.07) is 0.445. The molecule has 0 aliphatic carbocycles. The predicted octanol–water partition coefficient (Wildman–Crippen LogP) is 1.29. The lowest BCUT2D eigenvalue weighted by atomic mass is 10.1. The Morgan fingerprint density at radius 1 is 1.31 bits per heavy atom. The third-order valence-corrected chi connectivity index (χ3v) is 2.30. The van der Waals surface area contributed by atoms with Crippen LogP contribution in [0.3, 0.4) is 0 Å². The second kappa shape index (κ2) is 6.71. The van der Waals surface area contributed by atoms with Gasteiger partial charge in [-0.25, -0.2) is 0 Å². The Bertz CT molecular complexity index is 155. The van der Waals surface area contributed by atoms with Gasteiger partial charge in [0.15, 0.2) is 5.84 Å². The van der Waals surface area contributed by atoms with E-state index in [1.165, 1.54) is 0 Å². The molecule has 0 radical (unpaired) electrons. The van der Waals surface area contributed by atoms with Crippen molar-refractivity contribution >= 4 is 5.84 Å². The molecule has 4 nitrogen and oxygen atoms in total. The van der Waals surface area contributed by atoms with Crippen LogP contribution in [-0.2, 0) is 0 Å². The highest BCUT2D eigenvalue weighted by atomic mass is 16.4. The van der Waals surface area contributed by atoms with E-state index in [1.807, 2.05) is 6.92 Å². The standard InChI is InChI=1S/C9H21N3O/c1-4-7(5-2)11-8(6-3)9(10)12-13/h7-8,11,13H,4-6H2,1-3H3,(H2,10,12). The van der Waals surface area contributed by atoms with Crippen molar-refractivity contribution in [2.45, 2.75) is 52.1 Å². The van der Waals surface area contributed by atoms with Crippen LogP contribution in [0.1, 0.15) is 40.0 Å². The van der Waals surface area contributed by atoms with Gasteiger partial charge in [0.2, 0.25) is 0 Å². The van der Waals surface area contributed by atoms with E-state index in [0.717, 1.165) is 19.3 Å². The summed E-state index contributed by atoms with van der Waals surface area (Å²) in [5.74, 6) is 0.273. The first-order chi connectivity index (χ1) is 6.19. The van der Waals surface area contributed by atoms with E-state index in [0.29, 0.717) is 6.04 Å². The number of rotatable bonds is 6. The molecule has 0 aliphatic heterocycles. The molecular formula is C9H21N3O. The largest absolute Gasteiger partial charge is 0.409 e. The fourth-order valence-corrected chi connectivity index (χ4v) is 1.29. The Morgan fingerprint density at radius 2 is 1.85 bits per heavy atom. The van der Waals surface area contributed by atoms with Crippen molar-refractivity contribution in [3.8, 4) is 0 Å². The minimum atomic E-state index is -0.00472. The van der Waals surface area contributed by atoms with Crippen LogP contribution >= 0.6 is 0 Å². The highest BCUT2D eigenvalue weighted by molar-refractivity contribution is 5.85. The lowest BCUT2D eigenvalue weighted by molar-refractivity contribution is 0.312. The summed E-state index contributed by atoms with van der Waals surface area (Å²) < 4.78 is 0. The summed E-state index contributed by atoms with van der Waals surface area (Å²) in [4.78, 5) is 0. The van der Waals surface area contributed by atoms with Gasteiger partial charge in [0.25, 0.3) is 0 Å². The number of nitrogens with two attached hydrogens (primary N) is 1. The molecule has 0 saturated carbocycles. The Morgan fingerprint density at radius 3 is 2.15 bits per heavy atom. The fourth-order valence-electron chi connectivity index (χ4n) is 1.29. The van der Waals surface area contributed by atoms with E-state index < -0.39 is 0 Å². The Kier molecular flexibility index (Phi) is 6.32. The van der Waals surface area contributed by atoms with E-state index in [2.05, 4.69) is 24.3 Å². The molecule has 0 aromatic carbocycles. The van der Waals surface area contributed by atoms with Crippen molar-refractivity contribution in [2.75, 3.05) is 0 Å². The molecule has 0 spiro atoms. The summed E-state index contributed by atoms with van der Waals surface area (Å²) in [5.41, 5.74) is 5.52. The lowest BCUT2D eigenvalue weighted by Gasteiger charge is -2.21. The number of amidine groups is 1. The molecule has 1 unspecified atom stereocenters. The first-order valence-corrected chi connectivity index (χ1v) is 4.92. The highest BCUT2D eigenvalue weighted by Crippen LogP contribution is 2.00. The van der Waals surface area contributed by atoms with Crippen molar-refractivity contribution in [3.05, 3.63) is 0 Å². The van der Waals surface area contributed by atoms with Gasteiger partial charge in [-0.15, -0.1) is 0 Å². The maximum atomic E-state index is 8.52. The van der Waals surface area contributed by atoms with Crippen LogP contribution in [0.4, 0.5) is 0 Å². The number of hydrogen-bond acceptors (Lipinski definition) is 3. The van der Waals surface area contributed by atoms with Gasteiger partial charge in [-0.1, -0.05) is 25.9 Å². The molecule has 78 valence electrons. The molecule has 0 bridgehead atoms. The third-order valence-electron chi connectivity index (χ3n) is 2.30. The topological polar surface area (TPSA) is 70.6 Å². The maximum absolute atomic E-state index is 8.52.